The highest BCUT2D eigenvalue weighted by Crippen LogP contribution is 2.44. The Bertz CT molecular complexity index is 3710. The molecule has 0 saturated carbocycles. The number of hydrogen-bond donors (Lipinski definition) is 2. The molecular weight excluding hydrogens is 754 g/mol. The van der Waals surface area contributed by atoms with Crippen LogP contribution in [-0.4, -0.2) is 19.1 Å². The second kappa shape index (κ2) is 12.1. The van der Waals surface area contributed by atoms with Crippen molar-refractivity contribution in [2.24, 2.45) is 0 Å². The van der Waals surface area contributed by atoms with E-state index in [9.17, 15) is 23.7 Å². The van der Waals surface area contributed by atoms with Gasteiger partial charge in [-0.3, -0.25) is 0 Å². The van der Waals surface area contributed by atoms with Gasteiger partial charge < -0.3 is 19.1 Å². The summed E-state index contributed by atoms with van der Waals surface area (Å²) in [5.74, 6) is 0. The Labute approximate surface area is 338 Å². The Hall–Kier alpha value is -8.27. The summed E-state index contributed by atoms with van der Waals surface area (Å²) in [7, 11) is 0. The van der Waals surface area contributed by atoms with Crippen LogP contribution in [0.3, 0.4) is 0 Å². The molecule has 0 bridgehead atoms. The summed E-state index contributed by atoms with van der Waals surface area (Å²) < 4.78 is 46.2. The third-order valence-electron chi connectivity index (χ3n) is 12.1. The predicted molar refractivity (Wildman–Crippen MR) is 234 cm³/mol. The van der Waals surface area contributed by atoms with Gasteiger partial charge in [0.25, 0.3) is 0 Å². The number of halogens is 3. The quantitative estimate of drug-likeness (QED) is 0.187. The maximum absolute atomic E-state index is 14.0. The van der Waals surface area contributed by atoms with E-state index in [1.165, 1.54) is 6.07 Å². The van der Waals surface area contributed by atoms with Crippen LogP contribution in [0.25, 0.3) is 110 Å². The van der Waals surface area contributed by atoms with Gasteiger partial charge in [0.15, 0.2) is 0 Å². The van der Waals surface area contributed by atoms with E-state index in [4.69, 9.17) is 0 Å². The molecule has 9 heteroatoms. The molecule has 0 atom stereocenters. The largest absolute Gasteiger partial charge is 0.416 e. The predicted octanol–water partition coefficient (Wildman–Crippen LogP) is 13.6. The van der Waals surface area contributed by atoms with Crippen LogP contribution in [0.15, 0.2) is 152 Å². The van der Waals surface area contributed by atoms with Gasteiger partial charge in [-0.25, -0.2) is 0 Å². The van der Waals surface area contributed by atoms with E-state index < -0.39 is 11.7 Å². The van der Waals surface area contributed by atoms with Gasteiger partial charge in [-0.1, -0.05) is 78.9 Å². The third kappa shape index (κ3) is 4.69. The summed E-state index contributed by atoms with van der Waals surface area (Å²) in [6, 6.07) is 52.5. The van der Waals surface area contributed by atoms with Gasteiger partial charge in [-0.05, 0) is 83.9 Å². The molecule has 0 fully saturated rings. The summed E-state index contributed by atoms with van der Waals surface area (Å²) >= 11 is 0. The molecule has 2 N–H and O–H groups in total. The summed E-state index contributed by atoms with van der Waals surface area (Å²) in [5, 5.41) is 30.0. The zero-order valence-corrected chi connectivity index (χ0v) is 31.4. The van der Waals surface area contributed by atoms with Crippen molar-refractivity contribution in [3.63, 3.8) is 0 Å². The van der Waals surface area contributed by atoms with Crippen LogP contribution in [-0.2, 0) is 6.18 Å². The molecule has 4 heterocycles. The number of nitriles is 2. The molecule has 6 nitrogen and oxygen atoms in total. The first-order chi connectivity index (χ1) is 29.3. The summed E-state index contributed by atoms with van der Waals surface area (Å²) in [6.45, 7) is 0. The first kappa shape index (κ1) is 33.8. The van der Waals surface area contributed by atoms with E-state index in [1.807, 2.05) is 91.0 Å². The first-order valence-electron chi connectivity index (χ1n) is 19.4. The topological polar surface area (TPSA) is 89.0 Å². The Balaban J connectivity index is 1.24. The molecule has 0 aliphatic carbocycles. The van der Waals surface area contributed by atoms with E-state index in [0.29, 0.717) is 28.1 Å². The van der Waals surface area contributed by atoms with Gasteiger partial charge in [0.05, 0.1) is 50.6 Å². The molecule has 8 aromatic carbocycles. The van der Waals surface area contributed by atoms with Crippen molar-refractivity contribution >= 4 is 87.2 Å². The minimum atomic E-state index is -4.64. The molecule has 0 aliphatic rings. The van der Waals surface area contributed by atoms with Crippen molar-refractivity contribution in [1.29, 1.82) is 10.5 Å². The van der Waals surface area contributed by atoms with Crippen LogP contribution in [0.4, 0.5) is 13.2 Å². The number of hydrogen-bond acceptors (Lipinski definition) is 2. The van der Waals surface area contributed by atoms with Gasteiger partial charge >= 0.3 is 6.18 Å². The summed E-state index contributed by atoms with van der Waals surface area (Å²) in [4.78, 5) is 7.15. The van der Waals surface area contributed by atoms with Crippen molar-refractivity contribution < 1.29 is 13.2 Å². The fourth-order valence-corrected chi connectivity index (χ4v) is 9.45. The number of nitrogens with one attached hydrogen (secondary N) is 2. The highest BCUT2D eigenvalue weighted by molar-refractivity contribution is 6.20. The second-order valence-corrected chi connectivity index (χ2v) is 15.2. The maximum atomic E-state index is 14.0. The van der Waals surface area contributed by atoms with E-state index >= 15 is 0 Å². The molecule has 0 saturated heterocycles. The summed E-state index contributed by atoms with van der Waals surface area (Å²) in [5.41, 5.74) is 8.36. The van der Waals surface area contributed by atoms with Gasteiger partial charge in [0.2, 0.25) is 0 Å². The van der Waals surface area contributed by atoms with Crippen LogP contribution < -0.4 is 0 Å². The number of fused-ring (bicyclic) bond motifs is 12. The smallest absolute Gasteiger partial charge is 0.354 e. The van der Waals surface area contributed by atoms with Crippen molar-refractivity contribution in [2.45, 2.75) is 6.18 Å². The Morgan fingerprint density at radius 3 is 1.40 bits per heavy atom. The number of nitrogens with zero attached hydrogens (tertiary/aromatic N) is 4. The molecule has 12 aromatic rings. The lowest BCUT2D eigenvalue weighted by Crippen LogP contribution is -2.07. The Kier molecular flexibility index (Phi) is 6.84. The zero-order chi connectivity index (χ0) is 40.4. The van der Waals surface area contributed by atoms with Crippen LogP contribution >= 0.6 is 0 Å². The van der Waals surface area contributed by atoms with Crippen LogP contribution in [0.1, 0.15) is 16.7 Å². The molecule has 0 spiro atoms. The van der Waals surface area contributed by atoms with Crippen LogP contribution in [0, 0.1) is 22.7 Å². The monoisotopic (exact) mass is 780 g/mol. The lowest BCUT2D eigenvalue weighted by molar-refractivity contribution is -0.137. The average molecular weight is 781 g/mol. The molecule has 0 amide bonds. The molecule has 0 aliphatic heterocycles. The molecule has 4 aromatic heterocycles. The van der Waals surface area contributed by atoms with Gasteiger partial charge in [0.1, 0.15) is 11.6 Å². The minimum absolute atomic E-state index is 0.129. The fraction of sp³-hybridized carbons (Fsp3) is 0.0196. The van der Waals surface area contributed by atoms with Crippen LogP contribution in [0.2, 0.25) is 0 Å². The SMILES string of the molecule is N#Cc1cc(C(F)(F)F)ccc1-c1cc(-n2c3ccccc3c3cc4c(cc32)[nH]c2ccccc24)c(C#N)c(-n2c3ccccc3c3cc4c(cc32)[nH]c2ccccc24)c1. The molecule has 282 valence electrons. The Morgan fingerprint density at radius 2 is 0.917 bits per heavy atom. The zero-order valence-electron chi connectivity index (χ0n) is 31.4. The number of H-pyrrole nitrogens is 2. The van der Waals surface area contributed by atoms with Crippen molar-refractivity contribution in [2.75, 3.05) is 0 Å². The first-order valence-corrected chi connectivity index (χ1v) is 19.4. The number of rotatable bonds is 3. The van der Waals surface area contributed by atoms with Gasteiger partial charge in [-0.2, -0.15) is 23.7 Å². The van der Waals surface area contributed by atoms with Gasteiger partial charge in [0, 0.05) is 65.2 Å². The standard InChI is InChI=1S/C51H27F3N6/c52-51(53,54)30-17-18-31(29(19-30)26-55)28-20-47(59-45-15-7-3-11-34(45)38-22-36-32-9-1-5-13-41(32)57-43(36)24-49(38)59)40(27-56)48(21-28)60-46-16-8-4-12-35(46)39-23-37-33-10-2-6-14-42(33)58-44(37)25-50(39)60/h1-25,57-58H. The fourth-order valence-electron chi connectivity index (χ4n) is 9.45. The highest BCUT2D eigenvalue weighted by atomic mass is 19.4. The van der Waals surface area contributed by atoms with E-state index in [1.54, 1.807) is 0 Å². The number of aromatic nitrogens is 4. The van der Waals surface area contributed by atoms with E-state index in [2.05, 4.69) is 73.7 Å². The molecule has 60 heavy (non-hydrogen) atoms. The second-order valence-electron chi connectivity index (χ2n) is 15.2. The minimum Gasteiger partial charge on any atom is -0.354 e. The highest BCUT2D eigenvalue weighted by Gasteiger charge is 2.32. The third-order valence-corrected chi connectivity index (χ3v) is 12.1. The Morgan fingerprint density at radius 1 is 0.433 bits per heavy atom. The molecule has 12 rings (SSSR count). The number of para-hydroxylation sites is 4. The molecule has 0 radical (unpaired) electrons. The lowest BCUT2D eigenvalue weighted by Gasteiger charge is -2.19. The van der Waals surface area contributed by atoms with Crippen molar-refractivity contribution in [3.05, 3.63) is 168 Å². The number of aromatic amines is 2. The summed E-state index contributed by atoms with van der Waals surface area (Å²) in [6.07, 6.45) is -4.64. The molecule has 0 unspecified atom stereocenters. The average Bonchev–Trinajstić information content (AvgIpc) is 4.01. The van der Waals surface area contributed by atoms with Crippen molar-refractivity contribution in [1.82, 2.24) is 19.1 Å². The van der Waals surface area contributed by atoms with E-state index in [0.717, 1.165) is 99.4 Å². The normalized spacial score (nSPS) is 12.2. The van der Waals surface area contributed by atoms with Gasteiger partial charge in [-0.15, -0.1) is 0 Å². The number of benzene rings is 8. The van der Waals surface area contributed by atoms with E-state index in [-0.39, 0.29) is 5.56 Å². The molecular formula is C51H27F3N6. The number of alkyl halides is 3. The van der Waals surface area contributed by atoms with Crippen LogP contribution in [0.5, 0.6) is 0 Å². The van der Waals surface area contributed by atoms with Crippen molar-refractivity contribution in [3.8, 4) is 34.6 Å². The lowest BCUT2D eigenvalue weighted by atomic mass is 9.95. The maximum Gasteiger partial charge on any atom is 0.416 e.